The third-order valence-corrected chi connectivity index (χ3v) is 1.02. The summed E-state index contributed by atoms with van der Waals surface area (Å²) in [5.74, 6) is 0. The molecule has 0 bridgehead atoms. The van der Waals surface area contributed by atoms with Crippen LogP contribution in [0.2, 0.25) is 0 Å². The summed E-state index contributed by atoms with van der Waals surface area (Å²) < 4.78 is 0. The summed E-state index contributed by atoms with van der Waals surface area (Å²) in [6.45, 7) is 5.14. The molecule has 1 nitrogen and oxygen atoms in total. The monoisotopic (exact) mass is 125 g/mol. The molecular weight excluding hydrogens is 110 g/mol. The molecule has 0 aliphatic carbocycles. The zero-order valence-electron chi connectivity index (χ0n) is 6.30. The first-order valence-corrected chi connectivity index (χ1v) is 3.53. The molecule has 0 aromatic rings. The maximum Gasteiger partial charge on any atom is 0.0389 e. The average molecular weight is 125 g/mol. The quantitative estimate of drug-likeness (QED) is 0.404. The van der Waals surface area contributed by atoms with E-state index in [1.165, 1.54) is 12.8 Å². The van der Waals surface area contributed by atoms with Crippen LogP contribution in [0.4, 0.5) is 0 Å². The molecule has 0 rings (SSSR count). The van der Waals surface area contributed by atoms with Crippen LogP contribution in [-0.2, 0) is 0 Å². The molecular formula is C8H15N. The molecule has 0 aromatic heterocycles. The SMILES string of the molecule is C/C=C/C=NCCCC. The van der Waals surface area contributed by atoms with Gasteiger partial charge < -0.3 is 0 Å². The smallest absolute Gasteiger partial charge is 0.0389 e. The van der Waals surface area contributed by atoms with Crippen LogP contribution in [0.5, 0.6) is 0 Å². The average Bonchev–Trinajstić information content (AvgIpc) is 1.89. The number of allylic oxidation sites excluding steroid dienone is 2. The summed E-state index contributed by atoms with van der Waals surface area (Å²) in [7, 11) is 0. The second-order valence-electron chi connectivity index (χ2n) is 1.93. The van der Waals surface area contributed by atoms with E-state index in [0.717, 1.165) is 6.54 Å². The first-order valence-electron chi connectivity index (χ1n) is 3.53. The van der Waals surface area contributed by atoms with Gasteiger partial charge in [-0.2, -0.15) is 0 Å². The van der Waals surface area contributed by atoms with Gasteiger partial charge in [-0.05, 0) is 19.4 Å². The molecule has 0 aliphatic rings. The van der Waals surface area contributed by atoms with Crippen molar-refractivity contribution < 1.29 is 0 Å². The van der Waals surface area contributed by atoms with Gasteiger partial charge in [0.1, 0.15) is 0 Å². The third kappa shape index (κ3) is 7.41. The van der Waals surface area contributed by atoms with E-state index in [2.05, 4.69) is 11.9 Å². The Kier molecular flexibility index (Phi) is 6.92. The van der Waals surface area contributed by atoms with Gasteiger partial charge in [0.2, 0.25) is 0 Å². The van der Waals surface area contributed by atoms with Gasteiger partial charge in [0, 0.05) is 12.8 Å². The molecule has 0 heterocycles. The molecule has 9 heavy (non-hydrogen) atoms. The highest BCUT2D eigenvalue weighted by molar-refractivity contribution is 5.70. The van der Waals surface area contributed by atoms with E-state index in [0.29, 0.717) is 0 Å². The second kappa shape index (κ2) is 7.41. The molecule has 52 valence electrons. The van der Waals surface area contributed by atoms with Gasteiger partial charge in [-0.3, -0.25) is 4.99 Å². The highest BCUT2D eigenvalue weighted by Gasteiger charge is 1.74. The topological polar surface area (TPSA) is 12.4 Å². The number of rotatable bonds is 4. The Morgan fingerprint density at radius 2 is 2.22 bits per heavy atom. The van der Waals surface area contributed by atoms with E-state index in [1.54, 1.807) is 0 Å². The Morgan fingerprint density at radius 3 is 2.78 bits per heavy atom. The van der Waals surface area contributed by atoms with Crippen LogP contribution in [0.15, 0.2) is 17.1 Å². The normalized spacial score (nSPS) is 11.8. The first kappa shape index (κ1) is 8.41. The molecule has 0 spiro atoms. The van der Waals surface area contributed by atoms with Crippen LogP contribution < -0.4 is 0 Å². The van der Waals surface area contributed by atoms with Crippen LogP contribution in [0.1, 0.15) is 26.7 Å². The highest BCUT2D eigenvalue weighted by atomic mass is 14.7. The molecule has 0 saturated heterocycles. The second-order valence-corrected chi connectivity index (χ2v) is 1.93. The van der Waals surface area contributed by atoms with E-state index in [4.69, 9.17) is 0 Å². The summed E-state index contributed by atoms with van der Waals surface area (Å²) in [6, 6.07) is 0. The summed E-state index contributed by atoms with van der Waals surface area (Å²) in [6.07, 6.45) is 8.22. The van der Waals surface area contributed by atoms with Gasteiger partial charge in [0.05, 0.1) is 0 Å². The largest absolute Gasteiger partial charge is 0.293 e. The van der Waals surface area contributed by atoms with Gasteiger partial charge in [-0.1, -0.05) is 19.4 Å². The van der Waals surface area contributed by atoms with Crippen molar-refractivity contribution in [2.75, 3.05) is 6.54 Å². The maximum atomic E-state index is 4.14. The molecule has 0 amide bonds. The van der Waals surface area contributed by atoms with Gasteiger partial charge in [-0.15, -0.1) is 0 Å². The van der Waals surface area contributed by atoms with Crippen LogP contribution in [-0.4, -0.2) is 12.8 Å². The van der Waals surface area contributed by atoms with Crippen LogP contribution in [0.3, 0.4) is 0 Å². The Balaban J connectivity index is 3.04. The minimum atomic E-state index is 0.973. The molecule has 0 atom stereocenters. The lowest BCUT2D eigenvalue weighted by Crippen LogP contribution is -1.77. The van der Waals surface area contributed by atoms with Gasteiger partial charge in [-0.25, -0.2) is 0 Å². The van der Waals surface area contributed by atoms with Crippen LogP contribution in [0.25, 0.3) is 0 Å². The van der Waals surface area contributed by atoms with E-state index < -0.39 is 0 Å². The van der Waals surface area contributed by atoms with Crippen molar-refractivity contribution in [3.8, 4) is 0 Å². The fourth-order valence-electron chi connectivity index (χ4n) is 0.471. The molecule has 1 heteroatoms. The van der Waals surface area contributed by atoms with Crippen molar-refractivity contribution in [1.82, 2.24) is 0 Å². The van der Waals surface area contributed by atoms with Crippen LogP contribution >= 0.6 is 0 Å². The van der Waals surface area contributed by atoms with E-state index in [-0.39, 0.29) is 0 Å². The molecule has 0 radical (unpaired) electrons. The van der Waals surface area contributed by atoms with Gasteiger partial charge in [0.15, 0.2) is 0 Å². The number of aliphatic imine (C=N–C) groups is 1. The van der Waals surface area contributed by atoms with Crippen molar-refractivity contribution in [2.24, 2.45) is 4.99 Å². The third-order valence-electron chi connectivity index (χ3n) is 1.02. The van der Waals surface area contributed by atoms with Crippen molar-refractivity contribution in [3.63, 3.8) is 0 Å². The standard InChI is InChI=1S/C8H15N/c1-3-5-7-9-8-6-4-2/h3,5,7H,4,6,8H2,1-2H3/b5-3+,9-7?. The Labute approximate surface area is 57.5 Å². The highest BCUT2D eigenvalue weighted by Crippen LogP contribution is 1.84. The molecule has 0 aromatic carbocycles. The fraction of sp³-hybridized carbons (Fsp3) is 0.625. The number of hydrogen-bond donors (Lipinski definition) is 0. The summed E-state index contributed by atoms with van der Waals surface area (Å²) in [4.78, 5) is 4.14. The van der Waals surface area contributed by atoms with Gasteiger partial charge >= 0.3 is 0 Å². The number of hydrogen-bond acceptors (Lipinski definition) is 1. The lowest BCUT2D eigenvalue weighted by atomic mass is 10.3. The molecule has 0 unspecified atom stereocenters. The minimum Gasteiger partial charge on any atom is -0.293 e. The van der Waals surface area contributed by atoms with Crippen molar-refractivity contribution in [3.05, 3.63) is 12.2 Å². The lowest BCUT2D eigenvalue weighted by molar-refractivity contribution is 0.810. The van der Waals surface area contributed by atoms with E-state index >= 15 is 0 Å². The predicted molar refractivity (Wildman–Crippen MR) is 43.1 cm³/mol. The van der Waals surface area contributed by atoms with E-state index in [1.807, 2.05) is 25.3 Å². The number of nitrogens with zero attached hydrogens (tertiary/aromatic N) is 1. The Bertz CT molecular complexity index is 92.7. The number of unbranched alkanes of at least 4 members (excludes halogenated alkanes) is 1. The molecule has 0 N–H and O–H groups in total. The summed E-state index contributed by atoms with van der Waals surface area (Å²) in [5.41, 5.74) is 0. The van der Waals surface area contributed by atoms with Crippen molar-refractivity contribution >= 4 is 6.21 Å². The summed E-state index contributed by atoms with van der Waals surface area (Å²) >= 11 is 0. The minimum absolute atomic E-state index is 0.973. The zero-order valence-corrected chi connectivity index (χ0v) is 6.30. The Hall–Kier alpha value is -0.590. The Morgan fingerprint density at radius 1 is 1.44 bits per heavy atom. The van der Waals surface area contributed by atoms with Crippen LogP contribution in [0, 0.1) is 0 Å². The first-order chi connectivity index (χ1) is 4.41. The van der Waals surface area contributed by atoms with Crippen molar-refractivity contribution in [2.45, 2.75) is 26.7 Å². The molecule has 0 saturated carbocycles. The lowest BCUT2D eigenvalue weighted by Gasteiger charge is -1.85. The van der Waals surface area contributed by atoms with Crippen molar-refractivity contribution in [1.29, 1.82) is 0 Å². The summed E-state index contributed by atoms with van der Waals surface area (Å²) in [5, 5.41) is 0. The molecule has 0 fully saturated rings. The molecule has 0 aliphatic heterocycles. The zero-order chi connectivity index (χ0) is 6.95. The predicted octanol–water partition coefficient (Wildman–Crippen LogP) is 2.43. The van der Waals surface area contributed by atoms with E-state index in [9.17, 15) is 0 Å². The fourth-order valence-corrected chi connectivity index (χ4v) is 0.471. The van der Waals surface area contributed by atoms with Gasteiger partial charge in [0.25, 0.3) is 0 Å². The maximum absolute atomic E-state index is 4.14.